The van der Waals surface area contributed by atoms with E-state index in [1.165, 1.54) is 6.42 Å². The van der Waals surface area contributed by atoms with E-state index < -0.39 is 0 Å². The Balaban J connectivity index is 0.00000147. The van der Waals surface area contributed by atoms with E-state index in [-0.39, 0.29) is 12.4 Å². The molecule has 2 heterocycles. The third kappa shape index (κ3) is 2.97. The number of likely N-dealkylation sites (tertiary alicyclic amines) is 1. The van der Waals surface area contributed by atoms with Crippen LogP contribution in [0.3, 0.4) is 0 Å². The van der Waals surface area contributed by atoms with E-state index in [1.54, 1.807) is 0 Å². The Morgan fingerprint density at radius 3 is 2.60 bits per heavy atom. The fraction of sp³-hybridized carbons (Fsp3) is 0.933. The Labute approximate surface area is 128 Å². The summed E-state index contributed by atoms with van der Waals surface area (Å²) in [6.07, 6.45) is 3.41. The van der Waals surface area contributed by atoms with Crippen LogP contribution >= 0.6 is 12.4 Å². The maximum atomic E-state index is 12.5. The van der Waals surface area contributed by atoms with Crippen molar-refractivity contribution < 1.29 is 4.79 Å². The molecule has 3 atom stereocenters. The monoisotopic (exact) mass is 301 g/mol. The predicted molar refractivity (Wildman–Crippen MR) is 83.2 cm³/mol. The first-order valence-corrected chi connectivity index (χ1v) is 7.87. The van der Waals surface area contributed by atoms with Crippen molar-refractivity contribution in [3.8, 4) is 0 Å². The van der Waals surface area contributed by atoms with Crippen molar-refractivity contribution in [1.82, 2.24) is 15.1 Å². The van der Waals surface area contributed by atoms with Crippen molar-refractivity contribution >= 4 is 18.3 Å². The predicted octanol–water partition coefficient (Wildman–Crippen LogP) is 1.35. The largest absolute Gasteiger partial charge is 0.341 e. The van der Waals surface area contributed by atoms with Gasteiger partial charge in [-0.3, -0.25) is 9.69 Å². The van der Waals surface area contributed by atoms with Gasteiger partial charge in [-0.1, -0.05) is 13.8 Å². The number of piperazine rings is 1. The standard InChI is InChI=1S/C15H27N3O.ClH/c1-3-15(2)10-13(15)14(19)18-7-4-12(11-18)17-8-5-16-6-9-17;/h12-13,16H,3-11H2,1-2H3;1H. The fourth-order valence-electron chi connectivity index (χ4n) is 3.69. The van der Waals surface area contributed by atoms with Crippen molar-refractivity contribution in [3.05, 3.63) is 0 Å². The summed E-state index contributed by atoms with van der Waals surface area (Å²) in [5.74, 6) is 0.751. The highest BCUT2D eigenvalue weighted by Crippen LogP contribution is 2.55. The van der Waals surface area contributed by atoms with E-state index in [4.69, 9.17) is 0 Å². The van der Waals surface area contributed by atoms with E-state index in [0.717, 1.165) is 52.1 Å². The zero-order chi connectivity index (χ0) is 13.5. The molecule has 5 heteroatoms. The number of hydrogen-bond acceptors (Lipinski definition) is 3. The smallest absolute Gasteiger partial charge is 0.226 e. The summed E-state index contributed by atoms with van der Waals surface area (Å²) < 4.78 is 0. The number of amides is 1. The minimum atomic E-state index is 0. The summed E-state index contributed by atoms with van der Waals surface area (Å²) >= 11 is 0. The number of rotatable bonds is 3. The minimum Gasteiger partial charge on any atom is -0.341 e. The molecule has 4 nitrogen and oxygen atoms in total. The molecule has 0 bridgehead atoms. The van der Waals surface area contributed by atoms with E-state index in [1.807, 2.05) is 0 Å². The summed E-state index contributed by atoms with van der Waals surface area (Å²) in [6, 6.07) is 0.609. The van der Waals surface area contributed by atoms with Gasteiger partial charge in [-0.2, -0.15) is 0 Å². The fourth-order valence-corrected chi connectivity index (χ4v) is 3.69. The van der Waals surface area contributed by atoms with Gasteiger partial charge in [0.25, 0.3) is 0 Å². The van der Waals surface area contributed by atoms with E-state index >= 15 is 0 Å². The third-order valence-electron chi connectivity index (χ3n) is 5.60. The highest BCUT2D eigenvalue weighted by Gasteiger charge is 2.54. The number of halogens is 1. The second-order valence-electron chi connectivity index (χ2n) is 6.78. The number of hydrogen-bond donors (Lipinski definition) is 1. The van der Waals surface area contributed by atoms with Gasteiger partial charge < -0.3 is 10.2 Å². The van der Waals surface area contributed by atoms with Gasteiger partial charge >= 0.3 is 0 Å². The average Bonchev–Trinajstić information content (AvgIpc) is 2.90. The van der Waals surface area contributed by atoms with Crippen LogP contribution < -0.4 is 5.32 Å². The molecule has 3 rings (SSSR count). The van der Waals surface area contributed by atoms with Crippen LogP contribution in [0.15, 0.2) is 0 Å². The van der Waals surface area contributed by atoms with E-state index in [0.29, 0.717) is 23.3 Å². The second kappa shape index (κ2) is 6.20. The molecule has 3 unspecified atom stereocenters. The summed E-state index contributed by atoms with van der Waals surface area (Å²) in [5, 5.41) is 3.40. The summed E-state index contributed by atoms with van der Waals surface area (Å²) in [4.78, 5) is 17.2. The molecule has 2 saturated heterocycles. The number of carbonyl (C=O) groups excluding carboxylic acids is 1. The van der Waals surface area contributed by atoms with E-state index in [2.05, 4.69) is 29.0 Å². The van der Waals surface area contributed by atoms with Crippen LogP contribution in [0.5, 0.6) is 0 Å². The molecule has 0 aromatic carbocycles. The van der Waals surface area contributed by atoms with Crippen LogP contribution in [0.4, 0.5) is 0 Å². The first kappa shape index (κ1) is 16.1. The molecule has 20 heavy (non-hydrogen) atoms. The van der Waals surface area contributed by atoms with Crippen LogP contribution in [0.25, 0.3) is 0 Å². The summed E-state index contributed by atoms with van der Waals surface area (Å²) in [6.45, 7) is 10.9. The van der Waals surface area contributed by atoms with Gasteiger partial charge in [-0.05, 0) is 24.7 Å². The molecule has 0 aromatic rings. The lowest BCUT2D eigenvalue weighted by Gasteiger charge is -2.32. The van der Waals surface area contributed by atoms with Gasteiger partial charge in [-0.25, -0.2) is 0 Å². The summed E-state index contributed by atoms with van der Waals surface area (Å²) in [7, 11) is 0. The maximum Gasteiger partial charge on any atom is 0.226 e. The molecular formula is C15H28ClN3O. The van der Waals surface area contributed by atoms with Gasteiger partial charge in [0.1, 0.15) is 0 Å². The van der Waals surface area contributed by atoms with Crippen LogP contribution in [-0.4, -0.2) is 61.0 Å². The first-order chi connectivity index (χ1) is 9.14. The molecule has 0 spiro atoms. The second-order valence-corrected chi connectivity index (χ2v) is 6.78. The zero-order valence-corrected chi connectivity index (χ0v) is 13.5. The zero-order valence-electron chi connectivity index (χ0n) is 12.7. The Morgan fingerprint density at radius 1 is 1.30 bits per heavy atom. The van der Waals surface area contributed by atoms with Crippen molar-refractivity contribution in [2.75, 3.05) is 39.3 Å². The summed E-state index contributed by atoms with van der Waals surface area (Å²) in [5.41, 5.74) is 0.310. The Bertz CT molecular complexity index is 359. The molecule has 3 fully saturated rings. The molecule has 1 amide bonds. The highest BCUT2D eigenvalue weighted by atomic mass is 35.5. The van der Waals surface area contributed by atoms with Gasteiger partial charge in [0.15, 0.2) is 0 Å². The van der Waals surface area contributed by atoms with Gasteiger partial charge in [0.05, 0.1) is 0 Å². The minimum absolute atomic E-state index is 0. The molecule has 1 N–H and O–H groups in total. The lowest BCUT2D eigenvalue weighted by Crippen LogP contribution is -2.49. The number of carbonyl (C=O) groups is 1. The maximum absolute atomic E-state index is 12.5. The van der Waals surface area contributed by atoms with E-state index in [9.17, 15) is 4.79 Å². The molecule has 0 radical (unpaired) electrons. The Morgan fingerprint density at radius 2 is 2.00 bits per heavy atom. The first-order valence-electron chi connectivity index (χ1n) is 7.87. The van der Waals surface area contributed by atoms with Gasteiger partial charge in [-0.15, -0.1) is 12.4 Å². The molecule has 2 aliphatic heterocycles. The van der Waals surface area contributed by atoms with Crippen LogP contribution in [-0.2, 0) is 4.79 Å². The van der Waals surface area contributed by atoms with Crippen LogP contribution in [0, 0.1) is 11.3 Å². The Kier molecular flexibility index (Phi) is 4.98. The molecule has 1 saturated carbocycles. The van der Waals surface area contributed by atoms with Gasteiger partial charge in [0.2, 0.25) is 5.91 Å². The molecule has 3 aliphatic rings. The molecule has 1 aliphatic carbocycles. The topological polar surface area (TPSA) is 35.6 Å². The molecular weight excluding hydrogens is 274 g/mol. The Hall–Kier alpha value is -0.320. The van der Waals surface area contributed by atoms with Gasteiger partial charge in [0, 0.05) is 51.2 Å². The normalized spacial score (nSPS) is 37.6. The van der Waals surface area contributed by atoms with Crippen molar-refractivity contribution in [2.45, 2.75) is 39.2 Å². The van der Waals surface area contributed by atoms with Crippen molar-refractivity contribution in [1.29, 1.82) is 0 Å². The molecule has 0 aromatic heterocycles. The van der Waals surface area contributed by atoms with Crippen LogP contribution in [0.1, 0.15) is 33.1 Å². The highest BCUT2D eigenvalue weighted by molar-refractivity contribution is 5.85. The number of nitrogens with zero attached hydrogens (tertiary/aromatic N) is 2. The lowest BCUT2D eigenvalue weighted by molar-refractivity contribution is -0.132. The van der Waals surface area contributed by atoms with Crippen molar-refractivity contribution in [2.24, 2.45) is 11.3 Å². The lowest BCUT2D eigenvalue weighted by atomic mass is 10.0. The van der Waals surface area contributed by atoms with Crippen LogP contribution in [0.2, 0.25) is 0 Å². The average molecular weight is 302 g/mol. The number of nitrogens with one attached hydrogen (secondary N) is 1. The quantitative estimate of drug-likeness (QED) is 0.855. The van der Waals surface area contributed by atoms with Crippen molar-refractivity contribution in [3.63, 3.8) is 0 Å². The SMILES string of the molecule is CCC1(C)CC1C(=O)N1CCC(N2CCNCC2)C1.Cl. The third-order valence-corrected chi connectivity index (χ3v) is 5.60. The molecule has 116 valence electrons.